The molecule has 0 atom stereocenters. The maximum Gasteiger partial charge on any atom is 0.169 e. The highest BCUT2D eigenvalue weighted by Crippen LogP contribution is 2.31. The molecule has 0 fully saturated rings. The normalized spacial score (nSPS) is 10.0. The number of anilines is 1. The number of nitrogen functional groups attached to an aromatic ring is 1. The molecule has 0 bridgehead atoms. The van der Waals surface area contributed by atoms with E-state index in [4.69, 9.17) is 15.3 Å². The maximum absolute atomic E-state index is 5.79. The Kier molecular flexibility index (Phi) is 4.58. The molecule has 5 heteroatoms. The summed E-state index contributed by atoms with van der Waals surface area (Å²) in [5, 5.41) is 0. The first-order valence-electron chi connectivity index (χ1n) is 6.16. The topological polar surface area (TPSA) is 69.4 Å². The molecule has 1 heterocycles. The summed E-state index contributed by atoms with van der Waals surface area (Å²) in [6.45, 7) is 2.72. The van der Waals surface area contributed by atoms with Gasteiger partial charge in [-0.2, -0.15) is 0 Å². The number of hydrogen-bond donors (Lipinski definition) is 2. The Morgan fingerprint density at radius 3 is 2.74 bits per heavy atom. The zero-order valence-electron chi connectivity index (χ0n) is 10.8. The van der Waals surface area contributed by atoms with Crippen molar-refractivity contribution in [1.29, 1.82) is 0 Å². The molecule has 0 saturated heterocycles. The van der Waals surface area contributed by atoms with E-state index in [9.17, 15) is 0 Å². The Morgan fingerprint density at radius 1 is 1.21 bits per heavy atom. The zero-order valence-corrected chi connectivity index (χ0v) is 10.8. The maximum atomic E-state index is 5.79. The van der Waals surface area contributed by atoms with Crippen molar-refractivity contribution in [1.82, 2.24) is 4.98 Å². The van der Waals surface area contributed by atoms with Crippen molar-refractivity contribution in [2.45, 2.75) is 13.3 Å². The van der Waals surface area contributed by atoms with E-state index in [2.05, 4.69) is 17.3 Å². The fourth-order valence-electron chi connectivity index (χ4n) is 1.55. The summed E-state index contributed by atoms with van der Waals surface area (Å²) in [5.41, 5.74) is 2.48. The molecule has 0 radical (unpaired) electrons. The number of para-hydroxylation sites is 2. The molecule has 100 valence electrons. The average molecular weight is 259 g/mol. The quantitative estimate of drug-likeness (QED) is 0.616. The molecule has 0 aliphatic carbocycles. The first-order chi connectivity index (χ1) is 9.33. The summed E-state index contributed by atoms with van der Waals surface area (Å²) in [6.07, 6.45) is 2.57. The lowest BCUT2D eigenvalue weighted by Crippen LogP contribution is -2.08. The summed E-state index contributed by atoms with van der Waals surface area (Å²) >= 11 is 0. The molecule has 2 aromatic rings. The van der Waals surface area contributed by atoms with Gasteiger partial charge in [0.1, 0.15) is 11.6 Å². The second-order valence-corrected chi connectivity index (χ2v) is 3.92. The number of nitrogens with zero attached hydrogens (tertiary/aromatic N) is 1. The van der Waals surface area contributed by atoms with Gasteiger partial charge < -0.3 is 14.9 Å². The number of hydrazine groups is 1. The van der Waals surface area contributed by atoms with Crippen LogP contribution in [0.4, 0.5) is 5.82 Å². The van der Waals surface area contributed by atoms with Crippen LogP contribution in [0.1, 0.15) is 13.3 Å². The lowest BCUT2D eigenvalue weighted by Gasteiger charge is -2.12. The molecule has 0 amide bonds. The molecule has 5 nitrogen and oxygen atoms in total. The Labute approximate surface area is 112 Å². The van der Waals surface area contributed by atoms with Crippen LogP contribution in [0.5, 0.6) is 17.2 Å². The van der Waals surface area contributed by atoms with E-state index in [1.807, 2.05) is 24.3 Å². The minimum Gasteiger partial charge on any atom is -0.490 e. The highest BCUT2D eigenvalue weighted by atomic mass is 16.5. The van der Waals surface area contributed by atoms with Crippen LogP contribution in [0.15, 0.2) is 42.6 Å². The number of rotatable bonds is 6. The van der Waals surface area contributed by atoms with E-state index in [1.165, 1.54) is 0 Å². The molecule has 0 saturated carbocycles. The van der Waals surface area contributed by atoms with E-state index in [0.717, 1.165) is 12.2 Å². The monoisotopic (exact) mass is 259 g/mol. The largest absolute Gasteiger partial charge is 0.490 e. The van der Waals surface area contributed by atoms with Crippen LogP contribution in [-0.2, 0) is 0 Å². The molecule has 2 rings (SSSR count). The molecule has 1 aromatic heterocycles. The van der Waals surface area contributed by atoms with E-state index in [-0.39, 0.29) is 0 Å². The van der Waals surface area contributed by atoms with Gasteiger partial charge in [-0.25, -0.2) is 10.8 Å². The predicted octanol–water partition coefficient (Wildman–Crippen LogP) is 2.95. The van der Waals surface area contributed by atoms with Gasteiger partial charge in [0.15, 0.2) is 11.5 Å². The van der Waals surface area contributed by atoms with Crippen molar-refractivity contribution in [2.24, 2.45) is 5.84 Å². The minimum absolute atomic E-state index is 0.546. The molecule has 0 aliphatic rings. The second-order valence-electron chi connectivity index (χ2n) is 3.92. The lowest BCUT2D eigenvalue weighted by molar-refractivity contribution is 0.302. The predicted molar refractivity (Wildman–Crippen MR) is 74.3 cm³/mol. The third kappa shape index (κ3) is 3.59. The van der Waals surface area contributed by atoms with E-state index in [1.54, 1.807) is 18.3 Å². The van der Waals surface area contributed by atoms with Crippen LogP contribution in [0.2, 0.25) is 0 Å². The Hall–Kier alpha value is -2.27. The SMILES string of the molecule is CCCOc1ccccc1Oc1ccnc(NN)c1. The number of aromatic nitrogens is 1. The summed E-state index contributed by atoms with van der Waals surface area (Å²) in [6, 6.07) is 11.0. The number of benzene rings is 1. The molecular formula is C14H17N3O2. The second kappa shape index (κ2) is 6.61. The molecule has 0 aliphatic heterocycles. The first-order valence-corrected chi connectivity index (χ1v) is 6.16. The minimum atomic E-state index is 0.546. The van der Waals surface area contributed by atoms with E-state index in [0.29, 0.717) is 23.9 Å². The van der Waals surface area contributed by atoms with Gasteiger partial charge >= 0.3 is 0 Å². The zero-order chi connectivity index (χ0) is 13.5. The summed E-state index contributed by atoms with van der Waals surface area (Å²) in [4.78, 5) is 4.02. The highest BCUT2D eigenvalue weighted by molar-refractivity contribution is 5.45. The third-order valence-electron chi connectivity index (χ3n) is 2.42. The van der Waals surface area contributed by atoms with Gasteiger partial charge in [-0.3, -0.25) is 0 Å². The van der Waals surface area contributed by atoms with Crippen LogP contribution in [0.3, 0.4) is 0 Å². The molecule has 1 aromatic carbocycles. The van der Waals surface area contributed by atoms with Gasteiger partial charge in [0, 0.05) is 12.3 Å². The summed E-state index contributed by atoms with van der Waals surface area (Å²) < 4.78 is 11.4. The number of ether oxygens (including phenoxy) is 2. The molecular weight excluding hydrogens is 242 g/mol. The van der Waals surface area contributed by atoms with Crippen molar-refractivity contribution in [2.75, 3.05) is 12.0 Å². The Balaban J connectivity index is 2.17. The standard InChI is InChI=1S/C14H17N3O2/c1-2-9-18-12-5-3-4-6-13(12)19-11-7-8-16-14(10-11)17-15/h3-8,10H,2,9,15H2,1H3,(H,16,17). The Bertz CT molecular complexity index is 532. The van der Waals surface area contributed by atoms with E-state index < -0.39 is 0 Å². The van der Waals surface area contributed by atoms with Gasteiger partial charge in [-0.1, -0.05) is 19.1 Å². The van der Waals surface area contributed by atoms with Gasteiger partial charge in [-0.15, -0.1) is 0 Å². The molecule has 3 N–H and O–H groups in total. The third-order valence-corrected chi connectivity index (χ3v) is 2.42. The lowest BCUT2D eigenvalue weighted by atomic mass is 10.3. The van der Waals surface area contributed by atoms with Crippen molar-refractivity contribution < 1.29 is 9.47 Å². The number of hydrogen-bond acceptors (Lipinski definition) is 5. The molecule has 0 unspecified atom stereocenters. The van der Waals surface area contributed by atoms with Gasteiger partial charge in [0.05, 0.1) is 6.61 Å². The fraction of sp³-hybridized carbons (Fsp3) is 0.214. The summed E-state index contributed by atoms with van der Waals surface area (Å²) in [5.74, 6) is 7.91. The van der Waals surface area contributed by atoms with Crippen LogP contribution in [0.25, 0.3) is 0 Å². The van der Waals surface area contributed by atoms with Crippen molar-refractivity contribution in [3.8, 4) is 17.2 Å². The molecule has 19 heavy (non-hydrogen) atoms. The summed E-state index contributed by atoms with van der Waals surface area (Å²) in [7, 11) is 0. The number of nitrogens with two attached hydrogens (primary N) is 1. The Morgan fingerprint density at radius 2 is 2.00 bits per heavy atom. The molecule has 0 spiro atoms. The average Bonchev–Trinajstić information content (AvgIpc) is 2.46. The van der Waals surface area contributed by atoms with Gasteiger partial charge in [-0.05, 0) is 24.6 Å². The first kappa shape index (κ1) is 13.2. The van der Waals surface area contributed by atoms with Crippen molar-refractivity contribution in [3.63, 3.8) is 0 Å². The smallest absolute Gasteiger partial charge is 0.169 e. The fourth-order valence-corrected chi connectivity index (χ4v) is 1.55. The van der Waals surface area contributed by atoms with Gasteiger partial charge in [0.25, 0.3) is 0 Å². The van der Waals surface area contributed by atoms with E-state index >= 15 is 0 Å². The number of nitrogens with one attached hydrogen (secondary N) is 1. The van der Waals surface area contributed by atoms with Crippen LogP contribution in [0, 0.1) is 0 Å². The number of pyridine rings is 1. The van der Waals surface area contributed by atoms with Crippen LogP contribution in [-0.4, -0.2) is 11.6 Å². The van der Waals surface area contributed by atoms with Crippen molar-refractivity contribution in [3.05, 3.63) is 42.6 Å². The van der Waals surface area contributed by atoms with Gasteiger partial charge in [0.2, 0.25) is 0 Å². The van der Waals surface area contributed by atoms with Crippen molar-refractivity contribution >= 4 is 5.82 Å². The highest BCUT2D eigenvalue weighted by Gasteiger charge is 2.06. The van der Waals surface area contributed by atoms with Crippen LogP contribution < -0.4 is 20.7 Å². The van der Waals surface area contributed by atoms with Crippen LogP contribution >= 0.6 is 0 Å².